The number of carbonyl (C=O) groups excluding carboxylic acids is 1. The third kappa shape index (κ3) is 4.34. The molecular formula is C21H23ClN4O2. The minimum atomic E-state index is -0.475. The van der Waals surface area contributed by atoms with Crippen molar-refractivity contribution in [2.24, 2.45) is 5.41 Å². The van der Waals surface area contributed by atoms with Gasteiger partial charge in [-0.15, -0.1) is 5.10 Å². The zero-order chi connectivity index (χ0) is 20.5. The number of rotatable bonds is 4. The van der Waals surface area contributed by atoms with Gasteiger partial charge in [-0.3, -0.25) is 9.78 Å². The molecule has 6 nitrogen and oxygen atoms in total. The molecule has 1 aromatic heterocycles. The second kappa shape index (κ2) is 7.64. The quantitative estimate of drug-likeness (QED) is 0.700. The molecular weight excluding hydrogens is 376 g/mol. The average Bonchev–Trinajstić information content (AvgIpc) is 3.02. The average molecular weight is 399 g/mol. The van der Waals surface area contributed by atoms with Crippen molar-refractivity contribution < 1.29 is 4.79 Å². The number of hydrogen-bond acceptors (Lipinski definition) is 3. The van der Waals surface area contributed by atoms with Gasteiger partial charge in [0.25, 0.3) is 0 Å². The van der Waals surface area contributed by atoms with Crippen LogP contribution in [0.2, 0.25) is 5.02 Å². The number of nitrogens with zero attached hydrogens (tertiary/aromatic N) is 2. The molecule has 0 unspecified atom stereocenters. The number of aromatic nitrogens is 3. The normalized spacial score (nSPS) is 11.5. The maximum absolute atomic E-state index is 12.5. The van der Waals surface area contributed by atoms with Crippen LogP contribution in [0.4, 0.5) is 0 Å². The van der Waals surface area contributed by atoms with Gasteiger partial charge < -0.3 is 5.32 Å². The molecule has 0 radical (unpaired) electrons. The van der Waals surface area contributed by atoms with Gasteiger partial charge >= 0.3 is 5.69 Å². The fourth-order valence-corrected chi connectivity index (χ4v) is 2.80. The van der Waals surface area contributed by atoms with E-state index >= 15 is 0 Å². The highest BCUT2D eigenvalue weighted by Gasteiger charge is 2.20. The summed E-state index contributed by atoms with van der Waals surface area (Å²) in [4.78, 5) is 27.3. The fourth-order valence-electron chi connectivity index (χ4n) is 2.61. The Bertz CT molecular complexity index is 1060. The molecule has 2 aromatic carbocycles. The van der Waals surface area contributed by atoms with Gasteiger partial charge in [0.05, 0.1) is 10.7 Å². The number of aromatic amines is 1. The monoisotopic (exact) mass is 398 g/mol. The second-order valence-electron chi connectivity index (χ2n) is 7.78. The van der Waals surface area contributed by atoms with Crippen LogP contribution in [0.5, 0.6) is 0 Å². The third-order valence-electron chi connectivity index (χ3n) is 4.32. The summed E-state index contributed by atoms with van der Waals surface area (Å²) < 4.78 is 1.24. The Morgan fingerprint density at radius 1 is 1.18 bits per heavy atom. The van der Waals surface area contributed by atoms with E-state index in [-0.39, 0.29) is 11.6 Å². The lowest BCUT2D eigenvalue weighted by Gasteiger charge is -2.17. The highest BCUT2D eigenvalue weighted by atomic mass is 35.5. The Hall–Kier alpha value is -2.86. The predicted molar refractivity (Wildman–Crippen MR) is 111 cm³/mol. The van der Waals surface area contributed by atoms with Gasteiger partial charge in [0, 0.05) is 17.5 Å². The van der Waals surface area contributed by atoms with E-state index in [1.165, 1.54) is 4.68 Å². The lowest BCUT2D eigenvalue weighted by atomic mass is 9.95. The van der Waals surface area contributed by atoms with Crippen molar-refractivity contribution in [1.82, 2.24) is 20.1 Å². The number of carbonyl (C=O) groups is 1. The van der Waals surface area contributed by atoms with Gasteiger partial charge in [0.2, 0.25) is 5.91 Å². The molecule has 0 aliphatic heterocycles. The van der Waals surface area contributed by atoms with Crippen LogP contribution in [0.15, 0.2) is 47.3 Å². The molecule has 146 valence electrons. The van der Waals surface area contributed by atoms with Crippen LogP contribution in [0, 0.1) is 12.3 Å². The number of benzene rings is 2. The number of hydrogen-bond donors (Lipinski definition) is 2. The number of amides is 1. The first-order valence-electron chi connectivity index (χ1n) is 8.98. The molecule has 28 heavy (non-hydrogen) atoms. The largest absolute Gasteiger partial charge is 0.352 e. The van der Waals surface area contributed by atoms with Gasteiger partial charge in [0.15, 0.2) is 5.82 Å². The van der Waals surface area contributed by atoms with Crippen LogP contribution in [-0.4, -0.2) is 20.7 Å². The molecule has 0 aliphatic rings. The summed E-state index contributed by atoms with van der Waals surface area (Å²) >= 11 is 6.31. The van der Waals surface area contributed by atoms with Gasteiger partial charge in [-0.2, -0.15) is 4.68 Å². The molecule has 0 aliphatic carbocycles. The summed E-state index contributed by atoms with van der Waals surface area (Å²) in [5.74, 6) is 0.412. The number of H-pyrrole nitrogens is 1. The van der Waals surface area contributed by atoms with Gasteiger partial charge in [-0.05, 0) is 24.6 Å². The van der Waals surface area contributed by atoms with E-state index in [9.17, 15) is 9.59 Å². The molecule has 0 bridgehead atoms. The summed E-state index contributed by atoms with van der Waals surface area (Å²) in [5, 5.41) is 7.68. The molecule has 7 heteroatoms. The fraction of sp³-hybridized carbons (Fsp3) is 0.286. The molecule has 2 N–H and O–H groups in total. The number of aryl methyl sites for hydroxylation is 1. The van der Waals surface area contributed by atoms with E-state index in [0.29, 0.717) is 23.1 Å². The molecule has 1 heterocycles. The Kier molecular flexibility index (Phi) is 5.42. The standard InChI is InChI=1S/C21H23ClN4O2/c1-13-5-8-15(9-6-13)18-24-20(28)26(25-18)17-11-14(7-10-16(17)22)12-23-19(27)21(2,3)4/h5-11H,12H2,1-4H3,(H,23,27)(H,24,25,28). The third-order valence-corrected chi connectivity index (χ3v) is 4.64. The van der Waals surface area contributed by atoms with Crippen molar-refractivity contribution in [1.29, 1.82) is 0 Å². The first kappa shape index (κ1) is 19.9. The highest BCUT2D eigenvalue weighted by Crippen LogP contribution is 2.22. The topological polar surface area (TPSA) is 79.8 Å². The van der Waals surface area contributed by atoms with E-state index < -0.39 is 5.41 Å². The Balaban J connectivity index is 1.90. The number of nitrogens with one attached hydrogen (secondary N) is 2. The Morgan fingerprint density at radius 3 is 2.50 bits per heavy atom. The first-order chi connectivity index (χ1) is 13.1. The molecule has 3 aromatic rings. The van der Waals surface area contributed by atoms with Crippen molar-refractivity contribution in [2.75, 3.05) is 0 Å². The lowest BCUT2D eigenvalue weighted by molar-refractivity contribution is -0.128. The van der Waals surface area contributed by atoms with Crippen LogP contribution in [0.1, 0.15) is 31.9 Å². The van der Waals surface area contributed by atoms with Crippen molar-refractivity contribution >= 4 is 17.5 Å². The minimum Gasteiger partial charge on any atom is -0.352 e. The summed E-state index contributed by atoms with van der Waals surface area (Å²) in [7, 11) is 0. The first-order valence-corrected chi connectivity index (χ1v) is 9.36. The Labute approximate surface area is 168 Å². The predicted octanol–water partition coefficient (Wildman–Crippen LogP) is 3.85. The Morgan fingerprint density at radius 2 is 1.86 bits per heavy atom. The molecule has 0 spiro atoms. The zero-order valence-electron chi connectivity index (χ0n) is 16.3. The van der Waals surface area contributed by atoms with Crippen molar-refractivity contribution in [2.45, 2.75) is 34.2 Å². The van der Waals surface area contributed by atoms with Gasteiger partial charge in [-0.1, -0.05) is 68.3 Å². The van der Waals surface area contributed by atoms with Crippen molar-refractivity contribution in [3.8, 4) is 17.1 Å². The van der Waals surface area contributed by atoms with Crippen molar-refractivity contribution in [3.63, 3.8) is 0 Å². The van der Waals surface area contributed by atoms with Crippen LogP contribution >= 0.6 is 11.6 Å². The minimum absolute atomic E-state index is 0.0532. The molecule has 0 saturated heterocycles. The van der Waals surface area contributed by atoms with E-state index in [2.05, 4.69) is 15.4 Å². The van der Waals surface area contributed by atoms with E-state index in [4.69, 9.17) is 11.6 Å². The van der Waals surface area contributed by atoms with Gasteiger partial charge in [0.1, 0.15) is 0 Å². The summed E-state index contributed by atoms with van der Waals surface area (Å²) in [6.45, 7) is 7.89. The molecule has 0 saturated carbocycles. The smallest absolute Gasteiger partial charge is 0.348 e. The second-order valence-corrected chi connectivity index (χ2v) is 8.18. The van der Waals surface area contributed by atoms with Crippen molar-refractivity contribution in [3.05, 3.63) is 69.1 Å². The van der Waals surface area contributed by atoms with Crippen LogP contribution < -0.4 is 11.0 Å². The summed E-state index contributed by atoms with van der Waals surface area (Å²) in [6.07, 6.45) is 0. The van der Waals surface area contributed by atoms with E-state index in [0.717, 1.165) is 16.7 Å². The van der Waals surface area contributed by atoms with E-state index in [1.807, 2.05) is 58.0 Å². The SMILES string of the molecule is Cc1ccc(-c2nn(-c3cc(CNC(=O)C(C)(C)C)ccc3Cl)c(=O)[nH]2)cc1. The van der Waals surface area contributed by atoms with Crippen LogP contribution in [-0.2, 0) is 11.3 Å². The maximum Gasteiger partial charge on any atom is 0.348 e. The van der Waals surface area contributed by atoms with Gasteiger partial charge in [-0.25, -0.2) is 4.79 Å². The summed E-state index contributed by atoms with van der Waals surface area (Å²) in [6, 6.07) is 13.0. The number of halogens is 1. The molecule has 3 rings (SSSR count). The lowest BCUT2D eigenvalue weighted by Crippen LogP contribution is -2.34. The van der Waals surface area contributed by atoms with Crippen LogP contribution in [0.3, 0.4) is 0 Å². The molecule has 0 fully saturated rings. The molecule has 0 atom stereocenters. The van der Waals surface area contributed by atoms with E-state index in [1.54, 1.807) is 12.1 Å². The summed E-state index contributed by atoms with van der Waals surface area (Å²) in [5.41, 5.74) is 2.36. The highest BCUT2D eigenvalue weighted by molar-refractivity contribution is 6.32. The zero-order valence-corrected chi connectivity index (χ0v) is 17.1. The molecule has 1 amide bonds. The van der Waals surface area contributed by atoms with Crippen LogP contribution in [0.25, 0.3) is 17.1 Å². The maximum atomic E-state index is 12.5.